The van der Waals surface area contributed by atoms with Gasteiger partial charge in [-0.25, -0.2) is 4.98 Å². The number of aliphatic hydroxyl groups excluding tert-OH is 1. The van der Waals surface area contributed by atoms with Crippen molar-refractivity contribution in [1.29, 1.82) is 0 Å². The fourth-order valence-electron chi connectivity index (χ4n) is 4.50. The molecule has 0 unspecified atom stereocenters. The molecule has 0 spiro atoms. The summed E-state index contributed by atoms with van der Waals surface area (Å²) in [6, 6.07) is 4.57. The Kier molecular flexibility index (Phi) is 8.47. The van der Waals surface area contributed by atoms with Crippen LogP contribution in [0.25, 0.3) is 11.3 Å². The number of likely N-dealkylation sites (N-methyl/N-ethyl adjacent to an activating group) is 1. The number of hydrogen-bond acceptors (Lipinski definition) is 8. The first-order valence-corrected chi connectivity index (χ1v) is 12.5. The van der Waals surface area contributed by atoms with E-state index in [1.807, 2.05) is 12.4 Å². The molecule has 0 aromatic carbocycles. The molecule has 8 nitrogen and oxygen atoms in total. The summed E-state index contributed by atoms with van der Waals surface area (Å²) < 4.78 is 0. The molecule has 33 heavy (non-hydrogen) atoms. The van der Waals surface area contributed by atoms with Crippen LogP contribution in [0.1, 0.15) is 51.0 Å². The standard InChI is InChI=1S/C25H39N7O/c1-3-4-11-26-25-28-17-22(24(30-25)29-20-6-8-21(33)9-7-20)23-10-5-19(16-27-23)18-32-14-12-31(2)13-15-32/h5,10,16-17,20-21,33H,3-4,6-9,11-15,18H2,1-2H3,(H2,26,28,29,30)/t20-,21-. The predicted octanol–water partition coefficient (Wildman–Crippen LogP) is 3.21. The number of rotatable bonds is 9. The van der Waals surface area contributed by atoms with Gasteiger partial charge in [-0.3, -0.25) is 9.88 Å². The van der Waals surface area contributed by atoms with Gasteiger partial charge in [-0.15, -0.1) is 0 Å². The van der Waals surface area contributed by atoms with E-state index < -0.39 is 0 Å². The van der Waals surface area contributed by atoms with E-state index in [4.69, 9.17) is 9.97 Å². The number of nitrogens with zero attached hydrogens (tertiary/aromatic N) is 5. The Morgan fingerprint density at radius 3 is 2.52 bits per heavy atom. The normalized spacial score (nSPS) is 22.3. The van der Waals surface area contributed by atoms with Gasteiger partial charge in [0.1, 0.15) is 5.82 Å². The SMILES string of the molecule is CCCCNc1ncc(-c2ccc(CN3CCN(C)CC3)cn2)c(N[C@H]2CC[C@H](O)CC2)n1. The average Bonchev–Trinajstić information content (AvgIpc) is 2.83. The van der Waals surface area contributed by atoms with Crippen LogP contribution in [0, 0.1) is 0 Å². The number of aliphatic hydroxyl groups is 1. The molecule has 1 aliphatic carbocycles. The van der Waals surface area contributed by atoms with Crippen molar-refractivity contribution in [2.24, 2.45) is 0 Å². The number of nitrogens with one attached hydrogen (secondary N) is 2. The molecule has 2 aromatic rings. The molecule has 1 saturated heterocycles. The van der Waals surface area contributed by atoms with E-state index in [0.717, 1.165) is 94.9 Å². The van der Waals surface area contributed by atoms with Crippen LogP contribution in [0.4, 0.5) is 11.8 Å². The summed E-state index contributed by atoms with van der Waals surface area (Å²) in [5, 5.41) is 16.8. The van der Waals surface area contributed by atoms with Crippen LogP contribution < -0.4 is 10.6 Å². The summed E-state index contributed by atoms with van der Waals surface area (Å²) in [7, 11) is 2.18. The number of anilines is 2. The van der Waals surface area contributed by atoms with Crippen LogP contribution in [0.5, 0.6) is 0 Å². The van der Waals surface area contributed by atoms with Crippen LogP contribution in [0.2, 0.25) is 0 Å². The van der Waals surface area contributed by atoms with E-state index in [2.05, 4.69) is 51.5 Å². The van der Waals surface area contributed by atoms with E-state index in [9.17, 15) is 5.11 Å². The summed E-state index contributed by atoms with van der Waals surface area (Å²) in [5.41, 5.74) is 3.04. The van der Waals surface area contributed by atoms with E-state index in [0.29, 0.717) is 12.0 Å². The smallest absolute Gasteiger partial charge is 0.224 e. The maximum absolute atomic E-state index is 9.87. The highest BCUT2D eigenvalue weighted by molar-refractivity contribution is 5.73. The number of piperazine rings is 1. The number of hydrogen-bond donors (Lipinski definition) is 3. The summed E-state index contributed by atoms with van der Waals surface area (Å²) in [4.78, 5) is 19.0. The molecule has 0 amide bonds. The van der Waals surface area contributed by atoms with Crippen LogP contribution in [0.3, 0.4) is 0 Å². The summed E-state index contributed by atoms with van der Waals surface area (Å²) in [5.74, 6) is 1.47. The van der Waals surface area contributed by atoms with Gasteiger partial charge in [-0.2, -0.15) is 4.98 Å². The largest absolute Gasteiger partial charge is 0.393 e. The zero-order valence-electron chi connectivity index (χ0n) is 20.1. The maximum atomic E-state index is 9.87. The third-order valence-corrected chi connectivity index (χ3v) is 6.74. The Morgan fingerprint density at radius 1 is 1.03 bits per heavy atom. The van der Waals surface area contributed by atoms with E-state index in [1.54, 1.807) is 0 Å². The zero-order valence-corrected chi connectivity index (χ0v) is 20.1. The van der Waals surface area contributed by atoms with Crippen molar-refractivity contribution in [3.8, 4) is 11.3 Å². The van der Waals surface area contributed by atoms with Crippen molar-refractivity contribution in [3.05, 3.63) is 30.1 Å². The van der Waals surface area contributed by atoms with E-state index >= 15 is 0 Å². The van der Waals surface area contributed by atoms with Gasteiger partial charge in [0.2, 0.25) is 5.95 Å². The molecule has 2 fully saturated rings. The van der Waals surface area contributed by atoms with Gasteiger partial charge in [-0.1, -0.05) is 19.4 Å². The molecular weight excluding hydrogens is 414 g/mol. The molecule has 1 saturated carbocycles. The van der Waals surface area contributed by atoms with Crippen molar-refractivity contribution in [1.82, 2.24) is 24.8 Å². The van der Waals surface area contributed by atoms with Crippen LogP contribution >= 0.6 is 0 Å². The zero-order chi connectivity index (χ0) is 23.0. The lowest BCUT2D eigenvalue weighted by atomic mass is 9.93. The van der Waals surface area contributed by atoms with E-state index in [1.165, 1.54) is 5.56 Å². The highest BCUT2D eigenvalue weighted by atomic mass is 16.3. The van der Waals surface area contributed by atoms with Crippen LogP contribution in [-0.2, 0) is 6.54 Å². The second-order valence-electron chi connectivity index (χ2n) is 9.52. The average molecular weight is 454 g/mol. The fourth-order valence-corrected chi connectivity index (χ4v) is 4.50. The molecule has 0 radical (unpaired) electrons. The summed E-state index contributed by atoms with van der Waals surface area (Å²) in [6.45, 7) is 8.42. The Labute approximate surface area is 197 Å². The predicted molar refractivity (Wildman–Crippen MR) is 133 cm³/mol. The summed E-state index contributed by atoms with van der Waals surface area (Å²) in [6.07, 6.45) is 9.47. The molecule has 8 heteroatoms. The van der Waals surface area contributed by atoms with Crippen molar-refractivity contribution < 1.29 is 5.11 Å². The minimum Gasteiger partial charge on any atom is -0.393 e. The molecule has 4 rings (SSSR count). The Bertz CT molecular complexity index is 860. The molecule has 0 bridgehead atoms. The highest BCUT2D eigenvalue weighted by Gasteiger charge is 2.22. The topological polar surface area (TPSA) is 89.4 Å². The van der Waals surface area contributed by atoms with Gasteiger partial charge in [0.15, 0.2) is 0 Å². The fraction of sp³-hybridized carbons (Fsp3) is 0.640. The number of unbranched alkanes of at least 4 members (excludes halogenated alkanes) is 1. The van der Waals surface area contributed by atoms with Crippen molar-refractivity contribution in [2.45, 2.75) is 64.1 Å². The van der Waals surface area contributed by atoms with E-state index in [-0.39, 0.29) is 6.10 Å². The number of aromatic nitrogens is 3. The molecule has 3 heterocycles. The van der Waals surface area contributed by atoms with Gasteiger partial charge >= 0.3 is 0 Å². The Balaban J connectivity index is 1.48. The molecule has 1 aliphatic heterocycles. The Hall–Kier alpha value is -2.29. The lowest BCUT2D eigenvalue weighted by Gasteiger charge is -2.32. The van der Waals surface area contributed by atoms with Gasteiger partial charge in [0.05, 0.1) is 17.4 Å². The maximum Gasteiger partial charge on any atom is 0.224 e. The van der Waals surface area contributed by atoms with Gasteiger partial charge < -0.3 is 20.6 Å². The first-order valence-electron chi connectivity index (χ1n) is 12.5. The van der Waals surface area contributed by atoms with Crippen molar-refractivity contribution >= 4 is 11.8 Å². The lowest BCUT2D eigenvalue weighted by Crippen LogP contribution is -2.43. The minimum atomic E-state index is -0.172. The highest BCUT2D eigenvalue weighted by Crippen LogP contribution is 2.29. The van der Waals surface area contributed by atoms with Crippen LogP contribution in [-0.4, -0.2) is 81.8 Å². The van der Waals surface area contributed by atoms with Crippen molar-refractivity contribution in [3.63, 3.8) is 0 Å². The lowest BCUT2D eigenvalue weighted by molar-refractivity contribution is 0.126. The van der Waals surface area contributed by atoms with Gasteiger partial charge in [0, 0.05) is 57.7 Å². The molecular formula is C25H39N7O. The molecule has 2 aliphatic rings. The quantitative estimate of drug-likeness (QED) is 0.499. The minimum absolute atomic E-state index is 0.172. The second kappa shape index (κ2) is 11.7. The third kappa shape index (κ3) is 6.85. The van der Waals surface area contributed by atoms with Gasteiger partial charge in [0.25, 0.3) is 0 Å². The summed E-state index contributed by atoms with van der Waals surface area (Å²) >= 11 is 0. The monoisotopic (exact) mass is 453 g/mol. The van der Waals surface area contributed by atoms with Crippen molar-refractivity contribution in [2.75, 3.05) is 50.4 Å². The number of pyridine rings is 1. The molecule has 180 valence electrons. The molecule has 0 atom stereocenters. The van der Waals surface area contributed by atoms with Gasteiger partial charge in [-0.05, 0) is 50.8 Å². The first kappa shape index (κ1) is 23.9. The third-order valence-electron chi connectivity index (χ3n) is 6.74. The Morgan fingerprint density at radius 2 is 1.82 bits per heavy atom. The second-order valence-corrected chi connectivity index (χ2v) is 9.52. The first-order chi connectivity index (χ1) is 16.1. The molecule has 3 N–H and O–H groups in total. The molecule has 2 aromatic heterocycles. The van der Waals surface area contributed by atoms with Crippen LogP contribution in [0.15, 0.2) is 24.5 Å².